The number of phenolic OH excluding ortho intramolecular Hbond substituents is 1. The summed E-state index contributed by atoms with van der Waals surface area (Å²) in [5.74, 6) is 2.25. The second kappa shape index (κ2) is 8.81. The standard InChI is InChI=1S/C28H33N3O2/c1-4-19-18-31-14-12-20(19)16-27(31)28(2,24-11-13-29-25-8-6-5-7-23(24)25)30-17-21-15-22(33-3)9-10-26(21)32/h4-11,13,15,19-20,27,30,32H,1,12,14,16-18H2,2-3H3/t19?,20?,27?,28-/m1/s1. The van der Waals surface area contributed by atoms with E-state index in [9.17, 15) is 5.11 Å². The number of pyridine rings is 1. The van der Waals surface area contributed by atoms with Gasteiger partial charge < -0.3 is 15.2 Å². The maximum Gasteiger partial charge on any atom is 0.120 e. The van der Waals surface area contributed by atoms with Crippen molar-refractivity contribution in [1.82, 2.24) is 15.2 Å². The van der Waals surface area contributed by atoms with Crippen molar-refractivity contribution in [2.24, 2.45) is 11.8 Å². The summed E-state index contributed by atoms with van der Waals surface area (Å²) in [5, 5.41) is 15.6. The number of benzene rings is 2. The first kappa shape index (κ1) is 21.9. The Morgan fingerprint density at radius 3 is 2.88 bits per heavy atom. The van der Waals surface area contributed by atoms with E-state index in [-0.39, 0.29) is 11.3 Å². The van der Waals surface area contributed by atoms with Crippen molar-refractivity contribution in [2.75, 3.05) is 20.2 Å². The molecule has 3 aliphatic heterocycles. The highest BCUT2D eigenvalue weighted by molar-refractivity contribution is 5.83. The number of nitrogens with one attached hydrogen (secondary N) is 1. The Labute approximate surface area is 196 Å². The van der Waals surface area contributed by atoms with E-state index in [2.05, 4.69) is 59.0 Å². The third kappa shape index (κ3) is 3.90. The molecule has 1 aromatic heterocycles. The largest absolute Gasteiger partial charge is 0.508 e. The lowest BCUT2D eigenvalue weighted by Crippen LogP contribution is -2.63. The fourth-order valence-electron chi connectivity index (χ4n) is 5.99. The number of nitrogens with zero attached hydrogens (tertiary/aromatic N) is 2. The van der Waals surface area contributed by atoms with Crippen molar-refractivity contribution in [3.05, 3.63) is 78.5 Å². The van der Waals surface area contributed by atoms with Crippen molar-refractivity contribution >= 4 is 10.9 Å². The Morgan fingerprint density at radius 1 is 1.27 bits per heavy atom. The minimum absolute atomic E-state index is 0.280. The van der Waals surface area contributed by atoms with Crippen LogP contribution < -0.4 is 10.1 Å². The molecule has 172 valence electrons. The highest BCUT2D eigenvalue weighted by Gasteiger charge is 2.48. The Kier molecular flexibility index (Phi) is 5.85. The molecule has 0 amide bonds. The van der Waals surface area contributed by atoms with Crippen molar-refractivity contribution in [3.8, 4) is 11.5 Å². The number of aromatic hydroxyl groups is 1. The molecule has 33 heavy (non-hydrogen) atoms. The van der Waals surface area contributed by atoms with Gasteiger partial charge in [-0.15, -0.1) is 6.58 Å². The van der Waals surface area contributed by atoms with E-state index in [0.717, 1.165) is 36.3 Å². The van der Waals surface area contributed by atoms with Gasteiger partial charge in [0, 0.05) is 36.3 Å². The summed E-state index contributed by atoms with van der Waals surface area (Å²) < 4.78 is 5.40. The fraction of sp³-hybridized carbons (Fsp3) is 0.393. The highest BCUT2D eigenvalue weighted by atomic mass is 16.5. The Hall–Kier alpha value is -2.89. The Balaban J connectivity index is 1.56. The number of aromatic nitrogens is 1. The number of phenols is 1. The molecule has 0 saturated carbocycles. The van der Waals surface area contributed by atoms with E-state index in [4.69, 9.17) is 4.74 Å². The molecule has 2 bridgehead atoms. The molecular weight excluding hydrogens is 410 g/mol. The lowest BCUT2D eigenvalue weighted by atomic mass is 9.68. The maximum atomic E-state index is 10.5. The van der Waals surface area contributed by atoms with Crippen LogP contribution in [0.25, 0.3) is 10.9 Å². The number of ether oxygens (including phenoxy) is 1. The van der Waals surface area contributed by atoms with E-state index in [1.54, 1.807) is 19.2 Å². The van der Waals surface area contributed by atoms with Gasteiger partial charge in [-0.05, 0) is 74.0 Å². The van der Waals surface area contributed by atoms with Crippen LogP contribution in [-0.2, 0) is 12.1 Å². The van der Waals surface area contributed by atoms with Crippen LogP contribution in [0, 0.1) is 11.8 Å². The highest BCUT2D eigenvalue weighted by Crippen LogP contribution is 2.45. The first-order valence-corrected chi connectivity index (χ1v) is 11.8. The van der Waals surface area contributed by atoms with Gasteiger partial charge in [-0.25, -0.2) is 0 Å². The zero-order chi connectivity index (χ0) is 23.0. The van der Waals surface area contributed by atoms with Gasteiger partial charge in [-0.3, -0.25) is 9.88 Å². The molecule has 3 saturated heterocycles. The number of para-hydroxylation sites is 1. The van der Waals surface area contributed by atoms with Crippen molar-refractivity contribution in [2.45, 2.75) is 37.9 Å². The van der Waals surface area contributed by atoms with Gasteiger partial charge in [0.05, 0.1) is 18.2 Å². The molecule has 0 aliphatic carbocycles. The quantitative estimate of drug-likeness (QED) is 0.511. The minimum atomic E-state index is -0.330. The zero-order valence-corrected chi connectivity index (χ0v) is 19.5. The fourth-order valence-corrected chi connectivity index (χ4v) is 5.99. The topological polar surface area (TPSA) is 57.6 Å². The van der Waals surface area contributed by atoms with Crippen molar-refractivity contribution in [3.63, 3.8) is 0 Å². The first-order valence-electron chi connectivity index (χ1n) is 11.8. The minimum Gasteiger partial charge on any atom is -0.508 e. The van der Waals surface area contributed by atoms with Gasteiger partial charge in [-0.1, -0.05) is 24.3 Å². The zero-order valence-electron chi connectivity index (χ0n) is 19.5. The van der Waals surface area contributed by atoms with E-state index < -0.39 is 0 Å². The van der Waals surface area contributed by atoms with Crippen LogP contribution >= 0.6 is 0 Å². The molecule has 5 nitrogen and oxygen atoms in total. The number of hydrogen-bond donors (Lipinski definition) is 2. The lowest BCUT2D eigenvalue weighted by molar-refractivity contribution is -0.0257. The number of methoxy groups -OCH3 is 1. The van der Waals surface area contributed by atoms with Crippen LogP contribution in [0.2, 0.25) is 0 Å². The molecule has 4 heterocycles. The summed E-state index contributed by atoms with van der Waals surface area (Å²) in [6.07, 6.45) is 6.43. The second-order valence-corrected chi connectivity index (χ2v) is 9.62. The van der Waals surface area contributed by atoms with Gasteiger partial charge in [0.2, 0.25) is 0 Å². The molecule has 3 fully saturated rings. The monoisotopic (exact) mass is 443 g/mol. The van der Waals surface area contributed by atoms with E-state index >= 15 is 0 Å². The predicted octanol–water partition coefficient (Wildman–Crippen LogP) is 4.85. The van der Waals surface area contributed by atoms with Crippen LogP contribution in [0.5, 0.6) is 11.5 Å². The van der Waals surface area contributed by atoms with Crippen LogP contribution in [0.15, 0.2) is 67.4 Å². The van der Waals surface area contributed by atoms with Gasteiger partial charge in [0.15, 0.2) is 0 Å². The average Bonchev–Trinajstić information content (AvgIpc) is 2.87. The molecular formula is C28H33N3O2. The maximum absolute atomic E-state index is 10.5. The Morgan fingerprint density at radius 2 is 2.12 bits per heavy atom. The van der Waals surface area contributed by atoms with Crippen LogP contribution in [-0.4, -0.2) is 41.2 Å². The van der Waals surface area contributed by atoms with E-state index in [0.29, 0.717) is 24.4 Å². The number of fused-ring (bicyclic) bond motifs is 4. The van der Waals surface area contributed by atoms with Crippen molar-refractivity contribution < 1.29 is 9.84 Å². The van der Waals surface area contributed by atoms with Crippen molar-refractivity contribution in [1.29, 1.82) is 0 Å². The average molecular weight is 444 g/mol. The summed E-state index contributed by atoms with van der Waals surface area (Å²) in [7, 11) is 1.65. The summed E-state index contributed by atoms with van der Waals surface area (Å²) >= 11 is 0. The molecule has 4 unspecified atom stereocenters. The molecule has 5 atom stereocenters. The SMILES string of the molecule is C=CC1CN2CCC1CC2[C@](C)(NCc1cc(OC)ccc1O)c1ccnc2ccccc12. The Bertz CT molecular complexity index is 1160. The summed E-state index contributed by atoms with van der Waals surface area (Å²) in [4.78, 5) is 7.26. The van der Waals surface area contributed by atoms with E-state index in [1.807, 2.05) is 18.3 Å². The van der Waals surface area contributed by atoms with Crippen LogP contribution in [0.1, 0.15) is 30.9 Å². The molecule has 0 radical (unpaired) electrons. The molecule has 2 aromatic carbocycles. The van der Waals surface area contributed by atoms with Gasteiger partial charge in [-0.2, -0.15) is 0 Å². The van der Waals surface area contributed by atoms with Gasteiger partial charge >= 0.3 is 0 Å². The lowest BCUT2D eigenvalue weighted by Gasteiger charge is -2.55. The summed E-state index contributed by atoms with van der Waals surface area (Å²) in [5.41, 5.74) is 2.76. The molecule has 2 N–H and O–H groups in total. The third-order valence-electron chi connectivity index (χ3n) is 7.92. The number of piperidine rings is 3. The molecule has 6 rings (SSSR count). The second-order valence-electron chi connectivity index (χ2n) is 9.62. The molecule has 0 spiro atoms. The van der Waals surface area contributed by atoms with Crippen LogP contribution in [0.3, 0.4) is 0 Å². The van der Waals surface area contributed by atoms with E-state index in [1.165, 1.54) is 17.4 Å². The normalized spacial score (nSPS) is 26.1. The predicted molar refractivity (Wildman–Crippen MR) is 132 cm³/mol. The number of rotatable bonds is 7. The first-order chi connectivity index (χ1) is 16.0. The smallest absolute Gasteiger partial charge is 0.120 e. The van der Waals surface area contributed by atoms with Crippen LogP contribution in [0.4, 0.5) is 0 Å². The molecule has 3 aliphatic rings. The summed E-state index contributed by atoms with van der Waals surface area (Å²) in [6, 6.07) is 16.3. The number of hydrogen-bond acceptors (Lipinski definition) is 5. The molecule has 5 heteroatoms. The van der Waals surface area contributed by atoms with Gasteiger partial charge in [0.25, 0.3) is 0 Å². The summed E-state index contributed by atoms with van der Waals surface area (Å²) in [6.45, 7) is 9.13. The third-order valence-corrected chi connectivity index (χ3v) is 7.92. The molecule has 3 aromatic rings. The van der Waals surface area contributed by atoms with Gasteiger partial charge in [0.1, 0.15) is 11.5 Å².